The van der Waals surface area contributed by atoms with Crippen molar-refractivity contribution >= 4 is 30.2 Å². The zero-order valence-corrected chi connectivity index (χ0v) is 18.5. The van der Waals surface area contributed by atoms with E-state index in [-0.39, 0.29) is 17.6 Å². The first-order valence-electron chi connectivity index (χ1n) is 9.19. The van der Waals surface area contributed by atoms with Crippen LogP contribution in [0.25, 0.3) is 0 Å². The predicted molar refractivity (Wildman–Crippen MR) is 107 cm³/mol. The van der Waals surface area contributed by atoms with E-state index >= 15 is 0 Å². The Morgan fingerprint density at radius 3 is 2.54 bits per heavy atom. The van der Waals surface area contributed by atoms with Crippen molar-refractivity contribution in [1.82, 2.24) is 0 Å². The van der Waals surface area contributed by atoms with Crippen molar-refractivity contribution in [3.8, 4) is 0 Å². The van der Waals surface area contributed by atoms with Gasteiger partial charge in [-0.3, -0.25) is 0 Å². The topological polar surface area (TPSA) is 44.8 Å². The zero-order valence-electron chi connectivity index (χ0n) is 15.9. The van der Waals surface area contributed by atoms with E-state index in [1.54, 1.807) is 0 Å². The molecule has 0 N–H and O–H groups in total. The molecule has 1 aliphatic carbocycles. The second kappa shape index (κ2) is 7.48. The number of methoxy groups -OCH3 is 1. The molecule has 0 saturated heterocycles. The Morgan fingerprint density at radius 2 is 1.92 bits per heavy atom. The number of allylic oxidation sites excluding steroid dienone is 1. The number of hydrogen-bond acceptors (Lipinski definition) is 4. The second-order valence-electron chi connectivity index (χ2n) is 8.08. The first-order valence-corrected chi connectivity index (χ1v) is 13.4. The number of benzene rings is 1. The van der Waals surface area contributed by atoms with Crippen molar-refractivity contribution in [1.29, 1.82) is 0 Å². The summed E-state index contributed by atoms with van der Waals surface area (Å²) in [5.74, 6) is -0.634. The van der Waals surface area contributed by atoms with Crippen LogP contribution in [0.4, 0.5) is 0 Å². The Hall–Kier alpha value is -1.11. The number of halogens is 1. The minimum atomic E-state index is -1.89. The molecule has 6 heteroatoms. The molecule has 142 valence electrons. The summed E-state index contributed by atoms with van der Waals surface area (Å²) in [4.78, 5) is 12.3. The summed E-state index contributed by atoms with van der Waals surface area (Å²) in [6.45, 7) is 6.50. The summed E-state index contributed by atoms with van der Waals surface area (Å²) < 4.78 is 18.9. The maximum Gasteiger partial charge on any atom is 0.373 e. The van der Waals surface area contributed by atoms with Gasteiger partial charge in [0.2, 0.25) is 11.5 Å². The lowest BCUT2D eigenvalue weighted by molar-refractivity contribution is -0.230. The van der Waals surface area contributed by atoms with Gasteiger partial charge >= 0.3 is 5.97 Å². The van der Waals surface area contributed by atoms with Crippen LogP contribution < -0.4 is 0 Å². The van der Waals surface area contributed by atoms with E-state index in [1.807, 2.05) is 18.2 Å². The van der Waals surface area contributed by atoms with Crippen LogP contribution in [0.1, 0.15) is 37.2 Å². The molecule has 1 fully saturated rings. The summed E-state index contributed by atoms with van der Waals surface area (Å²) in [6, 6.07) is 8.30. The lowest BCUT2D eigenvalue weighted by Gasteiger charge is -2.51. The van der Waals surface area contributed by atoms with E-state index in [1.165, 1.54) is 12.7 Å². The Bertz CT molecular complexity index is 695. The number of carbonyl (C=O) groups is 1. The molecule has 0 amide bonds. The third-order valence-corrected chi connectivity index (χ3v) is 6.51. The van der Waals surface area contributed by atoms with Crippen molar-refractivity contribution in [3.63, 3.8) is 0 Å². The molecule has 2 aliphatic rings. The Labute approximate surface area is 165 Å². The predicted octanol–water partition coefficient (Wildman–Crippen LogP) is 5.36. The van der Waals surface area contributed by atoms with Gasteiger partial charge in [0, 0.05) is 22.7 Å². The van der Waals surface area contributed by atoms with Crippen molar-refractivity contribution in [2.75, 3.05) is 7.11 Å². The van der Waals surface area contributed by atoms with Gasteiger partial charge in [0.15, 0.2) is 8.32 Å². The molecule has 3 rings (SSSR count). The SMILES string of the molecule is COC(=O)C1=C[C@@H](c2ccc(Br)cc2)[C@H]2CCCC[C@]2(O[Si](C)(C)C)O1. The van der Waals surface area contributed by atoms with Crippen LogP contribution in [0.5, 0.6) is 0 Å². The van der Waals surface area contributed by atoms with Crippen molar-refractivity contribution in [2.45, 2.75) is 57.0 Å². The second-order valence-corrected chi connectivity index (χ2v) is 13.4. The van der Waals surface area contributed by atoms with E-state index in [2.05, 4.69) is 47.7 Å². The monoisotopic (exact) mass is 438 g/mol. The number of hydrogen-bond donors (Lipinski definition) is 0. The molecule has 1 aromatic carbocycles. The molecule has 1 aliphatic heterocycles. The molecule has 1 saturated carbocycles. The number of carbonyl (C=O) groups excluding carboxylic acids is 1. The van der Waals surface area contributed by atoms with Gasteiger partial charge < -0.3 is 13.9 Å². The highest BCUT2D eigenvalue weighted by Crippen LogP contribution is 2.51. The first kappa shape index (κ1) is 19.6. The zero-order chi connectivity index (χ0) is 18.9. The summed E-state index contributed by atoms with van der Waals surface area (Å²) in [7, 11) is -0.499. The van der Waals surface area contributed by atoms with Gasteiger partial charge in [0.05, 0.1) is 7.11 Å². The van der Waals surface area contributed by atoms with Gasteiger partial charge in [-0.1, -0.05) is 34.5 Å². The van der Waals surface area contributed by atoms with Gasteiger partial charge in [-0.15, -0.1) is 0 Å². The van der Waals surface area contributed by atoms with Crippen LogP contribution in [0.2, 0.25) is 19.6 Å². The molecule has 0 spiro atoms. The van der Waals surface area contributed by atoms with Crippen LogP contribution in [0.15, 0.2) is 40.6 Å². The van der Waals surface area contributed by atoms with Crippen LogP contribution in [-0.4, -0.2) is 27.2 Å². The smallest absolute Gasteiger partial charge is 0.373 e. The molecule has 1 aromatic rings. The third-order valence-electron chi connectivity index (χ3n) is 5.02. The van der Waals surface area contributed by atoms with Gasteiger partial charge in [-0.25, -0.2) is 4.79 Å². The van der Waals surface area contributed by atoms with Gasteiger partial charge in [-0.2, -0.15) is 0 Å². The summed E-state index contributed by atoms with van der Waals surface area (Å²) >= 11 is 3.50. The summed E-state index contributed by atoms with van der Waals surface area (Å²) in [6.07, 6.45) is 5.96. The highest BCUT2D eigenvalue weighted by atomic mass is 79.9. The van der Waals surface area contributed by atoms with Crippen LogP contribution >= 0.6 is 15.9 Å². The van der Waals surface area contributed by atoms with Gasteiger partial charge in [-0.05, 0) is 56.3 Å². The molecule has 0 aromatic heterocycles. The standard InChI is InChI=1S/C20H27BrO4Si/c1-23-19(22)18-13-16(14-8-10-15(21)11-9-14)17-7-5-6-12-20(17,24-18)25-26(2,3)4/h8-11,13,16-17H,5-7,12H2,1-4H3/t16-,17+,20+/m0/s1. The molecular formula is C20H27BrO4Si. The summed E-state index contributed by atoms with van der Waals surface area (Å²) in [5.41, 5.74) is 1.17. The number of rotatable bonds is 4. The van der Waals surface area contributed by atoms with E-state index in [4.69, 9.17) is 13.9 Å². The Morgan fingerprint density at radius 1 is 1.23 bits per heavy atom. The Balaban J connectivity index is 2.08. The Kier molecular flexibility index (Phi) is 5.65. The third kappa shape index (κ3) is 4.07. The largest absolute Gasteiger partial charge is 0.463 e. The molecule has 1 heterocycles. The van der Waals surface area contributed by atoms with E-state index in [0.717, 1.165) is 30.2 Å². The molecule has 26 heavy (non-hydrogen) atoms. The summed E-state index contributed by atoms with van der Waals surface area (Å²) in [5, 5.41) is 0. The first-order chi connectivity index (χ1) is 12.2. The lowest BCUT2D eigenvalue weighted by atomic mass is 9.71. The highest BCUT2D eigenvalue weighted by Gasteiger charge is 2.53. The number of ether oxygens (including phenoxy) is 2. The number of esters is 1. The van der Waals surface area contributed by atoms with E-state index in [0.29, 0.717) is 0 Å². The fourth-order valence-electron chi connectivity index (χ4n) is 4.11. The molecule has 0 radical (unpaired) electrons. The van der Waals surface area contributed by atoms with Crippen LogP contribution in [0, 0.1) is 5.92 Å². The van der Waals surface area contributed by atoms with Crippen molar-refractivity contribution < 1.29 is 18.7 Å². The maximum absolute atomic E-state index is 12.3. The highest BCUT2D eigenvalue weighted by molar-refractivity contribution is 9.10. The van der Waals surface area contributed by atoms with Gasteiger partial charge in [0.25, 0.3) is 0 Å². The number of fused-ring (bicyclic) bond motifs is 1. The van der Waals surface area contributed by atoms with Crippen molar-refractivity contribution in [2.24, 2.45) is 5.92 Å². The molecule has 0 unspecified atom stereocenters. The fraction of sp³-hybridized carbons (Fsp3) is 0.550. The molecule has 0 bridgehead atoms. The van der Waals surface area contributed by atoms with E-state index < -0.39 is 20.1 Å². The fourth-order valence-corrected chi connectivity index (χ4v) is 5.71. The lowest BCUT2D eigenvalue weighted by Crippen LogP contribution is -2.55. The normalized spacial score (nSPS) is 28.6. The average molecular weight is 439 g/mol. The average Bonchev–Trinajstić information content (AvgIpc) is 2.59. The van der Waals surface area contributed by atoms with Crippen LogP contribution in [-0.2, 0) is 18.7 Å². The molecule has 3 atom stereocenters. The minimum absolute atomic E-state index is 0.0719. The molecular weight excluding hydrogens is 412 g/mol. The minimum Gasteiger partial charge on any atom is -0.463 e. The quantitative estimate of drug-likeness (QED) is 0.468. The van der Waals surface area contributed by atoms with Crippen LogP contribution in [0.3, 0.4) is 0 Å². The van der Waals surface area contributed by atoms with Crippen molar-refractivity contribution in [3.05, 3.63) is 46.1 Å². The molecule has 4 nitrogen and oxygen atoms in total. The van der Waals surface area contributed by atoms with E-state index in [9.17, 15) is 4.79 Å². The van der Waals surface area contributed by atoms with Gasteiger partial charge in [0.1, 0.15) is 0 Å². The maximum atomic E-state index is 12.3.